The fraction of sp³-hybridized carbons (Fsp3) is 0.250. The first-order chi connectivity index (χ1) is 15.2. The first kappa shape index (κ1) is 20.3. The maximum Gasteiger partial charge on any atom is 0.191 e. The molecule has 0 fully saturated rings. The number of ether oxygens (including phenoxy) is 1. The standard InChI is InChI=1S/C20H18ClN7OS2/c1-27-17(10-29-16-7-3-2-6-15(16)21)23-25-19(27)30-11-14-12-31-20-26-24-18(28(14)20)13-5-4-8-22-9-13/h2-9,14H,10-12H2,1H3. The second-order valence-electron chi connectivity index (χ2n) is 6.87. The van der Waals surface area contributed by atoms with E-state index in [2.05, 4.69) is 29.9 Å². The van der Waals surface area contributed by atoms with E-state index >= 15 is 0 Å². The van der Waals surface area contributed by atoms with Crippen LogP contribution in [0.25, 0.3) is 11.4 Å². The predicted octanol–water partition coefficient (Wildman–Crippen LogP) is 4.14. The second kappa shape index (κ2) is 8.89. The molecule has 31 heavy (non-hydrogen) atoms. The summed E-state index contributed by atoms with van der Waals surface area (Å²) in [4.78, 5) is 4.21. The van der Waals surface area contributed by atoms with Gasteiger partial charge in [0.1, 0.15) is 12.4 Å². The Kier molecular flexibility index (Phi) is 5.84. The average molecular weight is 472 g/mol. The number of nitrogens with zero attached hydrogens (tertiary/aromatic N) is 7. The number of para-hydroxylation sites is 1. The molecule has 0 bridgehead atoms. The summed E-state index contributed by atoms with van der Waals surface area (Å²) in [5, 5.41) is 19.7. The Morgan fingerprint density at radius 1 is 1.16 bits per heavy atom. The van der Waals surface area contributed by atoms with Crippen LogP contribution in [0.2, 0.25) is 5.02 Å². The highest BCUT2D eigenvalue weighted by Crippen LogP contribution is 2.38. The van der Waals surface area contributed by atoms with Crippen LogP contribution in [0.1, 0.15) is 11.9 Å². The summed E-state index contributed by atoms with van der Waals surface area (Å²) in [6.07, 6.45) is 3.58. The fourth-order valence-corrected chi connectivity index (χ4v) is 5.66. The monoisotopic (exact) mass is 471 g/mol. The predicted molar refractivity (Wildman–Crippen MR) is 121 cm³/mol. The molecule has 4 heterocycles. The number of pyridine rings is 1. The number of aromatic nitrogens is 7. The van der Waals surface area contributed by atoms with Gasteiger partial charge < -0.3 is 9.30 Å². The zero-order chi connectivity index (χ0) is 21.2. The minimum absolute atomic E-state index is 0.259. The summed E-state index contributed by atoms with van der Waals surface area (Å²) in [5.74, 6) is 4.01. The third kappa shape index (κ3) is 4.15. The summed E-state index contributed by atoms with van der Waals surface area (Å²) in [6, 6.07) is 11.6. The molecule has 1 atom stereocenters. The number of rotatable bonds is 7. The van der Waals surface area contributed by atoms with Crippen LogP contribution < -0.4 is 4.74 Å². The first-order valence-electron chi connectivity index (χ1n) is 9.57. The van der Waals surface area contributed by atoms with Crippen molar-refractivity contribution in [3.8, 4) is 17.1 Å². The molecule has 1 aliphatic heterocycles. The molecule has 1 aliphatic rings. The van der Waals surface area contributed by atoms with Crippen LogP contribution in [0.3, 0.4) is 0 Å². The van der Waals surface area contributed by atoms with Gasteiger partial charge in [0.05, 0.1) is 11.1 Å². The van der Waals surface area contributed by atoms with Gasteiger partial charge in [0.25, 0.3) is 0 Å². The van der Waals surface area contributed by atoms with Crippen molar-refractivity contribution in [3.63, 3.8) is 0 Å². The van der Waals surface area contributed by atoms with Crippen molar-refractivity contribution in [1.29, 1.82) is 0 Å². The highest BCUT2D eigenvalue weighted by atomic mass is 35.5. The number of halogens is 1. The topological polar surface area (TPSA) is 83.5 Å². The van der Waals surface area contributed by atoms with Gasteiger partial charge in [-0.2, -0.15) is 0 Å². The van der Waals surface area contributed by atoms with Gasteiger partial charge in [-0.05, 0) is 24.3 Å². The van der Waals surface area contributed by atoms with Crippen molar-refractivity contribution in [2.75, 3.05) is 11.5 Å². The van der Waals surface area contributed by atoms with Crippen LogP contribution in [0.4, 0.5) is 0 Å². The molecule has 4 aromatic rings. The van der Waals surface area contributed by atoms with Gasteiger partial charge in [-0.15, -0.1) is 20.4 Å². The third-order valence-electron chi connectivity index (χ3n) is 4.88. The van der Waals surface area contributed by atoms with Gasteiger partial charge >= 0.3 is 0 Å². The molecular formula is C20H18ClN7OS2. The molecule has 0 aliphatic carbocycles. The average Bonchev–Trinajstić information content (AvgIpc) is 3.48. The third-order valence-corrected chi connectivity index (χ3v) is 7.44. The maximum absolute atomic E-state index is 6.16. The smallest absolute Gasteiger partial charge is 0.191 e. The van der Waals surface area contributed by atoms with Gasteiger partial charge in [0.15, 0.2) is 22.0 Å². The first-order valence-corrected chi connectivity index (χ1v) is 11.9. The molecule has 158 valence electrons. The summed E-state index contributed by atoms with van der Waals surface area (Å²) in [6.45, 7) is 0.299. The van der Waals surface area contributed by atoms with Crippen molar-refractivity contribution in [2.24, 2.45) is 7.05 Å². The van der Waals surface area contributed by atoms with Gasteiger partial charge in [-0.3, -0.25) is 9.55 Å². The van der Waals surface area contributed by atoms with E-state index in [1.54, 1.807) is 35.8 Å². The SMILES string of the molecule is Cn1c(COc2ccccc2Cl)nnc1SCC1CSc2nnc(-c3cccnc3)n21. The van der Waals surface area contributed by atoms with E-state index in [4.69, 9.17) is 16.3 Å². The van der Waals surface area contributed by atoms with Crippen LogP contribution in [-0.2, 0) is 13.7 Å². The zero-order valence-corrected chi connectivity index (χ0v) is 18.9. The van der Waals surface area contributed by atoms with Gasteiger partial charge in [-0.25, -0.2) is 0 Å². The molecule has 11 heteroatoms. The summed E-state index contributed by atoms with van der Waals surface area (Å²) < 4.78 is 9.96. The molecule has 5 rings (SSSR count). The van der Waals surface area contributed by atoms with Crippen LogP contribution in [0.5, 0.6) is 5.75 Å². The minimum atomic E-state index is 0.259. The number of benzene rings is 1. The quantitative estimate of drug-likeness (QED) is 0.372. The van der Waals surface area contributed by atoms with E-state index in [0.29, 0.717) is 17.4 Å². The molecule has 0 radical (unpaired) electrons. The largest absolute Gasteiger partial charge is 0.484 e. The Balaban J connectivity index is 1.26. The molecular weight excluding hydrogens is 454 g/mol. The molecule has 0 saturated carbocycles. The Labute approximate surface area is 192 Å². The summed E-state index contributed by atoms with van der Waals surface area (Å²) in [5.41, 5.74) is 0.969. The van der Waals surface area contributed by atoms with E-state index < -0.39 is 0 Å². The lowest BCUT2D eigenvalue weighted by molar-refractivity contribution is 0.290. The molecule has 3 aromatic heterocycles. The van der Waals surface area contributed by atoms with E-state index in [0.717, 1.165) is 39.0 Å². The highest BCUT2D eigenvalue weighted by molar-refractivity contribution is 8.00. The van der Waals surface area contributed by atoms with Gasteiger partial charge in [0.2, 0.25) is 0 Å². The van der Waals surface area contributed by atoms with Crippen molar-refractivity contribution in [2.45, 2.75) is 23.0 Å². The second-order valence-corrected chi connectivity index (χ2v) is 9.25. The summed E-state index contributed by atoms with van der Waals surface area (Å²) in [7, 11) is 1.95. The summed E-state index contributed by atoms with van der Waals surface area (Å²) >= 11 is 9.54. The molecule has 8 nitrogen and oxygen atoms in total. The number of hydrogen-bond donors (Lipinski definition) is 0. The fourth-order valence-electron chi connectivity index (χ4n) is 3.24. The lowest BCUT2D eigenvalue weighted by Crippen LogP contribution is -2.12. The zero-order valence-electron chi connectivity index (χ0n) is 16.6. The van der Waals surface area contributed by atoms with Gasteiger partial charge in [0, 0.05) is 36.5 Å². The molecule has 0 saturated heterocycles. The van der Waals surface area contributed by atoms with Crippen molar-refractivity contribution in [1.82, 2.24) is 34.5 Å². The number of fused-ring (bicyclic) bond motifs is 1. The molecule has 1 unspecified atom stereocenters. The number of hydrogen-bond acceptors (Lipinski definition) is 8. The van der Waals surface area contributed by atoms with Crippen LogP contribution in [-0.4, -0.2) is 46.0 Å². The maximum atomic E-state index is 6.16. The molecule has 1 aromatic carbocycles. The van der Waals surface area contributed by atoms with Crippen LogP contribution in [0.15, 0.2) is 59.1 Å². The highest BCUT2D eigenvalue weighted by Gasteiger charge is 2.29. The number of thioether (sulfide) groups is 2. The molecule has 0 N–H and O–H groups in total. The Hall–Kier alpha value is -2.56. The molecule has 0 amide bonds. The van der Waals surface area contributed by atoms with Crippen molar-refractivity contribution >= 4 is 35.1 Å². The Morgan fingerprint density at radius 2 is 2.06 bits per heavy atom. The lowest BCUT2D eigenvalue weighted by atomic mass is 10.2. The van der Waals surface area contributed by atoms with Crippen molar-refractivity contribution in [3.05, 3.63) is 59.6 Å². The van der Waals surface area contributed by atoms with E-state index in [9.17, 15) is 0 Å². The lowest BCUT2D eigenvalue weighted by Gasteiger charge is -2.14. The van der Waals surface area contributed by atoms with E-state index in [1.807, 2.05) is 48.1 Å². The van der Waals surface area contributed by atoms with Crippen LogP contribution >= 0.6 is 35.1 Å². The van der Waals surface area contributed by atoms with Crippen molar-refractivity contribution < 1.29 is 4.74 Å². The molecule has 0 spiro atoms. The van der Waals surface area contributed by atoms with Gasteiger partial charge in [-0.1, -0.05) is 47.3 Å². The Bertz CT molecular complexity index is 1200. The normalized spacial score (nSPS) is 15.2. The Morgan fingerprint density at radius 3 is 2.90 bits per heavy atom. The minimum Gasteiger partial charge on any atom is -0.484 e. The van der Waals surface area contributed by atoms with Crippen LogP contribution in [0, 0.1) is 0 Å². The van der Waals surface area contributed by atoms with E-state index in [1.165, 1.54) is 0 Å². The van der Waals surface area contributed by atoms with E-state index in [-0.39, 0.29) is 6.04 Å².